The first-order chi connectivity index (χ1) is 12.3. The molecule has 0 amide bonds. The molecule has 1 N–H and O–H groups in total. The predicted molar refractivity (Wildman–Crippen MR) is 98.5 cm³/mol. The molecule has 0 unspecified atom stereocenters. The first-order valence-electron chi connectivity index (χ1n) is 8.98. The van der Waals surface area contributed by atoms with E-state index in [1.807, 2.05) is 4.52 Å². The SMILES string of the molecule is CCCCc1nc2[nH]ncc2c2nc(-c3ccc(CCC)cc3)nn12. The van der Waals surface area contributed by atoms with Crippen LogP contribution < -0.4 is 0 Å². The van der Waals surface area contributed by atoms with Crippen molar-refractivity contribution in [1.29, 1.82) is 0 Å². The third-order valence-electron chi connectivity index (χ3n) is 4.46. The smallest absolute Gasteiger partial charge is 0.182 e. The van der Waals surface area contributed by atoms with E-state index in [1.165, 1.54) is 5.56 Å². The van der Waals surface area contributed by atoms with Crippen molar-refractivity contribution in [3.63, 3.8) is 0 Å². The number of H-pyrrole nitrogens is 1. The summed E-state index contributed by atoms with van der Waals surface area (Å²) in [6.45, 7) is 4.37. The Morgan fingerprint density at radius 1 is 1.00 bits per heavy atom. The molecule has 3 heterocycles. The van der Waals surface area contributed by atoms with Gasteiger partial charge in [0.1, 0.15) is 5.82 Å². The maximum absolute atomic E-state index is 4.78. The minimum Gasteiger partial charge on any atom is -0.261 e. The molecule has 3 aromatic heterocycles. The summed E-state index contributed by atoms with van der Waals surface area (Å²) in [6, 6.07) is 8.53. The van der Waals surface area contributed by atoms with Crippen LogP contribution in [0.3, 0.4) is 0 Å². The second-order valence-electron chi connectivity index (χ2n) is 6.38. The molecule has 128 valence electrons. The lowest BCUT2D eigenvalue weighted by molar-refractivity contribution is 0.718. The van der Waals surface area contributed by atoms with Crippen LogP contribution in [-0.2, 0) is 12.8 Å². The Balaban J connectivity index is 1.82. The van der Waals surface area contributed by atoms with Crippen LogP contribution in [0.1, 0.15) is 44.5 Å². The summed E-state index contributed by atoms with van der Waals surface area (Å²) >= 11 is 0. The zero-order valence-corrected chi connectivity index (χ0v) is 14.7. The largest absolute Gasteiger partial charge is 0.261 e. The van der Waals surface area contributed by atoms with Crippen LogP contribution in [0.4, 0.5) is 0 Å². The van der Waals surface area contributed by atoms with Gasteiger partial charge in [-0.1, -0.05) is 51.0 Å². The fraction of sp³-hybridized carbons (Fsp3) is 0.368. The van der Waals surface area contributed by atoms with Gasteiger partial charge < -0.3 is 0 Å². The molecule has 4 rings (SSSR count). The Hall–Kier alpha value is -2.76. The molecule has 25 heavy (non-hydrogen) atoms. The molecule has 4 aromatic rings. The van der Waals surface area contributed by atoms with Gasteiger partial charge in [0.25, 0.3) is 0 Å². The van der Waals surface area contributed by atoms with Crippen LogP contribution in [0, 0.1) is 0 Å². The molecular weight excluding hydrogens is 312 g/mol. The Morgan fingerprint density at radius 3 is 2.60 bits per heavy atom. The Bertz CT molecular complexity index is 996. The summed E-state index contributed by atoms with van der Waals surface area (Å²) in [4.78, 5) is 9.47. The minimum absolute atomic E-state index is 0.733. The van der Waals surface area contributed by atoms with Gasteiger partial charge >= 0.3 is 0 Å². The number of nitrogens with one attached hydrogen (secondary N) is 1. The van der Waals surface area contributed by atoms with Gasteiger partial charge in [0.2, 0.25) is 0 Å². The number of aromatic amines is 1. The average molecular weight is 334 g/mol. The molecule has 6 heteroatoms. The van der Waals surface area contributed by atoms with E-state index in [1.54, 1.807) is 6.20 Å². The van der Waals surface area contributed by atoms with E-state index in [9.17, 15) is 0 Å². The van der Waals surface area contributed by atoms with Crippen molar-refractivity contribution >= 4 is 16.7 Å². The minimum atomic E-state index is 0.733. The Morgan fingerprint density at radius 2 is 1.84 bits per heavy atom. The Kier molecular flexibility index (Phi) is 4.17. The molecule has 0 radical (unpaired) electrons. The van der Waals surface area contributed by atoms with Crippen molar-refractivity contribution in [3.05, 3.63) is 41.9 Å². The lowest BCUT2D eigenvalue weighted by Crippen LogP contribution is -2.03. The summed E-state index contributed by atoms with van der Waals surface area (Å²) in [5.74, 6) is 1.66. The topological polar surface area (TPSA) is 71.8 Å². The van der Waals surface area contributed by atoms with E-state index in [4.69, 9.17) is 10.1 Å². The first-order valence-corrected chi connectivity index (χ1v) is 8.98. The van der Waals surface area contributed by atoms with Crippen molar-refractivity contribution in [2.24, 2.45) is 0 Å². The molecule has 0 saturated carbocycles. The second kappa shape index (κ2) is 6.63. The Labute approximate surface area is 146 Å². The van der Waals surface area contributed by atoms with Crippen molar-refractivity contribution in [3.8, 4) is 11.4 Å². The number of benzene rings is 1. The fourth-order valence-corrected chi connectivity index (χ4v) is 3.10. The van der Waals surface area contributed by atoms with Crippen molar-refractivity contribution in [1.82, 2.24) is 29.8 Å². The molecule has 1 aromatic carbocycles. The monoisotopic (exact) mass is 334 g/mol. The van der Waals surface area contributed by atoms with Gasteiger partial charge in [0, 0.05) is 12.0 Å². The second-order valence-corrected chi connectivity index (χ2v) is 6.38. The number of nitrogens with zero attached hydrogens (tertiary/aromatic N) is 5. The highest BCUT2D eigenvalue weighted by molar-refractivity contribution is 5.88. The van der Waals surface area contributed by atoms with Crippen molar-refractivity contribution < 1.29 is 0 Å². The van der Waals surface area contributed by atoms with Gasteiger partial charge in [-0.15, -0.1) is 5.10 Å². The maximum atomic E-state index is 4.78. The van der Waals surface area contributed by atoms with Crippen LogP contribution in [0.25, 0.3) is 28.1 Å². The van der Waals surface area contributed by atoms with Crippen molar-refractivity contribution in [2.45, 2.75) is 46.0 Å². The lowest BCUT2D eigenvalue weighted by Gasteiger charge is -2.02. The third kappa shape index (κ3) is 2.88. The van der Waals surface area contributed by atoms with Gasteiger partial charge in [0.15, 0.2) is 17.1 Å². The molecule has 0 bridgehead atoms. The molecule has 6 nitrogen and oxygen atoms in total. The normalized spacial score (nSPS) is 11.6. The van der Waals surface area contributed by atoms with E-state index in [0.29, 0.717) is 0 Å². The van der Waals surface area contributed by atoms with Crippen LogP contribution in [0.2, 0.25) is 0 Å². The van der Waals surface area contributed by atoms with Gasteiger partial charge in [0.05, 0.1) is 11.6 Å². The average Bonchev–Trinajstić information content (AvgIpc) is 3.27. The lowest BCUT2D eigenvalue weighted by atomic mass is 10.1. The molecule has 0 aliphatic carbocycles. The molecule has 0 atom stereocenters. The van der Waals surface area contributed by atoms with E-state index in [2.05, 4.69) is 53.3 Å². The highest BCUT2D eigenvalue weighted by atomic mass is 15.3. The summed E-state index contributed by atoms with van der Waals surface area (Å²) in [6.07, 6.45) is 7.08. The number of rotatable bonds is 6. The summed E-state index contributed by atoms with van der Waals surface area (Å²) in [5.41, 5.74) is 3.97. The van der Waals surface area contributed by atoms with Crippen LogP contribution in [0.5, 0.6) is 0 Å². The molecule has 0 aliphatic heterocycles. The number of hydrogen-bond acceptors (Lipinski definition) is 4. The number of hydrogen-bond donors (Lipinski definition) is 1. The number of fused-ring (bicyclic) bond motifs is 3. The van der Waals surface area contributed by atoms with Gasteiger partial charge in [-0.3, -0.25) is 5.10 Å². The summed E-state index contributed by atoms with van der Waals surface area (Å²) in [7, 11) is 0. The van der Waals surface area contributed by atoms with Crippen LogP contribution >= 0.6 is 0 Å². The highest BCUT2D eigenvalue weighted by Gasteiger charge is 2.15. The first kappa shape index (κ1) is 15.7. The number of aromatic nitrogens is 6. The van der Waals surface area contributed by atoms with E-state index >= 15 is 0 Å². The van der Waals surface area contributed by atoms with Crippen LogP contribution in [0.15, 0.2) is 30.5 Å². The third-order valence-corrected chi connectivity index (χ3v) is 4.46. The van der Waals surface area contributed by atoms with Crippen LogP contribution in [-0.4, -0.2) is 29.8 Å². The quantitative estimate of drug-likeness (QED) is 0.579. The maximum Gasteiger partial charge on any atom is 0.182 e. The molecule has 0 spiro atoms. The summed E-state index contributed by atoms with van der Waals surface area (Å²) in [5, 5.41) is 12.7. The zero-order valence-electron chi connectivity index (χ0n) is 14.7. The highest BCUT2D eigenvalue weighted by Crippen LogP contribution is 2.22. The predicted octanol–water partition coefficient (Wildman–Crippen LogP) is 3.96. The van der Waals surface area contributed by atoms with Gasteiger partial charge in [-0.25, -0.2) is 9.97 Å². The van der Waals surface area contributed by atoms with Gasteiger partial charge in [-0.2, -0.15) is 9.61 Å². The summed E-state index contributed by atoms with van der Waals surface area (Å²) < 4.78 is 1.88. The molecule has 0 saturated heterocycles. The standard InChI is InChI=1S/C19H22N6/c1-3-5-7-16-21-18-15(12-20-23-18)19-22-17(24-25(16)19)14-10-8-13(6-4-2)9-11-14/h8-12H,3-7H2,1-2H3,(H,20,23). The van der Waals surface area contributed by atoms with E-state index in [0.717, 1.165) is 66.0 Å². The zero-order chi connectivity index (χ0) is 17.2. The van der Waals surface area contributed by atoms with Gasteiger partial charge in [-0.05, 0) is 18.4 Å². The van der Waals surface area contributed by atoms with E-state index in [-0.39, 0.29) is 0 Å². The molecule has 0 aliphatic rings. The fourth-order valence-electron chi connectivity index (χ4n) is 3.10. The molecular formula is C19H22N6. The van der Waals surface area contributed by atoms with Crippen molar-refractivity contribution in [2.75, 3.05) is 0 Å². The molecule has 0 fully saturated rings. The van der Waals surface area contributed by atoms with E-state index < -0.39 is 0 Å². The number of aryl methyl sites for hydroxylation is 2. The number of unbranched alkanes of at least 4 members (excludes halogenated alkanes) is 1.